The molecule has 4 nitrogen and oxygen atoms in total. The number of hydrogen-bond donors (Lipinski definition) is 2. The van der Waals surface area contributed by atoms with Crippen molar-refractivity contribution in [2.45, 2.75) is 5.37 Å². The van der Waals surface area contributed by atoms with Gasteiger partial charge in [0.1, 0.15) is 16.1 Å². The molecular formula is C10H8N2O2S2. The molecule has 1 unspecified atom stereocenters. The number of hydrogen-bond acceptors (Lipinski definition) is 5. The van der Waals surface area contributed by atoms with Crippen LogP contribution in [0.3, 0.4) is 0 Å². The molecule has 1 saturated heterocycles. The number of phenolic OH excluding ortho intramolecular Hbond substituents is 1. The van der Waals surface area contributed by atoms with Crippen LogP contribution < -0.4 is 5.32 Å². The summed E-state index contributed by atoms with van der Waals surface area (Å²) < 4.78 is 0.941. The summed E-state index contributed by atoms with van der Waals surface area (Å²) in [5.74, 6) is 0.786. The van der Waals surface area contributed by atoms with E-state index in [1.807, 2.05) is 0 Å². The highest BCUT2D eigenvalue weighted by molar-refractivity contribution is 8.00. The first-order chi connectivity index (χ1) is 7.72. The number of thioether (sulfide) groups is 1. The number of carbonyl (C=O) groups excluding carboxylic acids is 1. The van der Waals surface area contributed by atoms with Gasteiger partial charge in [0, 0.05) is 0 Å². The molecule has 1 aliphatic rings. The summed E-state index contributed by atoms with van der Waals surface area (Å²) in [4.78, 5) is 15.5. The van der Waals surface area contributed by atoms with Gasteiger partial charge in [0.2, 0.25) is 5.91 Å². The number of nitrogens with zero attached hydrogens (tertiary/aromatic N) is 1. The van der Waals surface area contributed by atoms with Crippen molar-refractivity contribution in [3.8, 4) is 5.75 Å². The number of aromatic hydroxyl groups is 1. The highest BCUT2D eigenvalue weighted by atomic mass is 32.2. The van der Waals surface area contributed by atoms with E-state index in [9.17, 15) is 9.90 Å². The van der Waals surface area contributed by atoms with Crippen molar-refractivity contribution in [1.29, 1.82) is 0 Å². The molecule has 2 aromatic rings. The molecule has 1 fully saturated rings. The summed E-state index contributed by atoms with van der Waals surface area (Å²) in [7, 11) is 0. The minimum atomic E-state index is -0.0351. The molecule has 3 rings (SSSR count). The number of thiazole rings is 1. The highest BCUT2D eigenvalue weighted by Crippen LogP contribution is 2.36. The van der Waals surface area contributed by atoms with Gasteiger partial charge in [-0.25, -0.2) is 4.98 Å². The van der Waals surface area contributed by atoms with E-state index in [0.717, 1.165) is 15.2 Å². The lowest BCUT2D eigenvalue weighted by molar-refractivity contribution is -0.118. The van der Waals surface area contributed by atoms with Gasteiger partial charge in [0.05, 0.1) is 16.0 Å². The Balaban J connectivity index is 2.02. The Hall–Kier alpha value is -1.27. The molecule has 1 amide bonds. The molecule has 16 heavy (non-hydrogen) atoms. The predicted molar refractivity (Wildman–Crippen MR) is 64.6 cm³/mol. The number of amides is 1. The van der Waals surface area contributed by atoms with Crippen LogP contribution in [0.25, 0.3) is 10.2 Å². The van der Waals surface area contributed by atoms with Crippen molar-refractivity contribution in [3.05, 3.63) is 23.2 Å². The van der Waals surface area contributed by atoms with Crippen molar-refractivity contribution >= 4 is 39.2 Å². The first-order valence-electron chi connectivity index (χ1n) is 4.73. The number of nitrogens with one attached hydrogen (secondary N) is 1. The Morgan fingerprint density at radius 2 is 2.38 bits per heavy atom. The van der Waals surface area contributed by atoms with E-state index in [-0.39, 0.29) is 17.0 Å². The van der Waals surface area contributed by atoms with E-state index >= 15 is 0 Å². The molecule has 2 heterocycles. The Labute approximate surface area is 99.7 Å². The second-order valence-electron chi connectivity index (χ2n) is 3.46. The molecule has 1 aromatic carbocycles. The van der Waals surface area contributed by atoms with Crippen molar-refractivity contribution in [2.75, 3.05) is 5.75 Å². The van der Waals surface area contributed by atoms with Crippen molar-refractivity contribution < 1.29 is 9.90 Å². The third-order valence-corrected chi connectivity index (χ3v) is 4.62. The molecule has 2 N–H and O–H groups in total. The summed E-state index contributed by atoms with van der Waals surface area (Å²) in [6.07, 6.45) is 0. The van der Waals surface area contributed by atoms with Gasteiger partial charge in [-0.1, -0.05) is 0 Å². The Kier molecular flexibility index (Phi) is 2.26. The van der Waals surface area contributed by atoms with Gasteiger partial charge in [0.15, 0.2) is 0 Å². The topological polar surface area (TPSA) is 62.2 Å². The number of fused-ring (bicyclic) bond motifs is 1. The van der Waals surface area contributed by atoms with Gasteiger partial charge < -0.3 is 10.4 Å². The molecule has 0 aliphatic carbocycles. The van der Waals surface area contributed by atoms with E-state index in [1.165, 1.54) is 11.3 Å². The minimum Gasteiger partial charge on any atom is -0.508 e. The van der Waals surface area contributed by atoms with Gasteiger partial charge in [-0.3, -0.25) is 4.79 Å². The molecule has 1 aromatic heterocycles. The van der Waals surface area contributed by atoms with Crippen LogP contribution in [0, 0.1) is 0 Å². The fourth-order valence-corrected chi connectivity index (χ4v) is 3.66. The maximum absolute atomic E-state index is 11.1. The third-order valence-electron chi connectivity index (χ3n) is 2.29. The van der Waals surface area contributed by atoms with Crippen molar-refractivity contribution in [2.24, 2.45) is 0 Å². The molecule has 0 saturated carbocycles. The quantitative estimate of drug-likeness (QED) is 0.813. The summed E-state index contributed by atoms with van der Waals surface area (Å²) in [6, 6.07) is 5.09. The van der Waals surface area contributed by atoms with Crippen molar-refractivity contribution in [1.82, 2.24) is 10.3 Å². The lowest BCUT2D eigenvalue weighted by Gasteiger charge is -2.02. The second-order valence-corrected chi connectivity index (χ2v) is 5.62. The zero-order valence-corrected chi connectivity index (χ0v) is 9.77. The van der Waals surface area contributed by atoms with Crippen LogP contribution in [-0.2, 0) is 4.79 Å². The van der Waals surface area contributed by atoms with Gasteiger partial charge in [-0.05, 0) is 18.2 Å². The summed E-state index contributed by atoms with van der Waals surface area (Å²) in [5, 5.41) is 13.1. The lowest BCUT2D eigenvalue weighted by Crippen LogP contribution is -2.18. The van der Waals surface area contributed by atoms with Crippen LogP contribution in [-0.4, -0.2) is 21.8 Å². The molecule has 1 aliphatic heterocycles. The van der Waals surface area contributed by atoms with Crippen LogP contribution in [0.4, 0.5) is 0 Å². The Bertz CT molecular complexity index is 567. The molecule has 1 atom stereocenters. The first-order valence-corrected chi connectivity index (χ1v) is 6.59. The van der Waals surface area contributed by atoms with E-state index in [1.54, 1.807) is 30.0 Å². The van der Waals surface area contributed by atoms with E-state index < -0.39 is 0 Å². The largest absolute Gasteiger partial charge is 0.508 e. The summed E-state index contributed by atoms with van der Waals surface area (Å²) in [5.41, 5.74) is 0.861. The number of aromatic nitrogens is 1. The van der Waals surface area contributed by atoms with Crippen LogP contribution >= 0.6 is 23.1 Å². The first kappa shape index (κ1) is 9.92. The van der Waals surface area contributed by atoms with Crippen LogP contribution in [0.15, 0.2) is 18.2 Å². The zero-order valence-electron chi connectivity index (χ0n) is 8.14. The SMILES string of the molecule is O=C1CSC(c2nc3ccc(O)cc3s2)N1. The monoisotopic (exact) mass is 252 g/mol. The second kappa shape index (κ2) is 3.64. The van der Waals surface area contributed by atoms with Gasteiger partial charge in [-0.2, -0.15) is 0 Å². The van der Waals surface area contributed by atoms with Crippen molar-refractivity contribution in [3.63, 3.8) is 0 Å². The van der Waals surface area contributed by atoms with E-state index in [0.29, 0.717) is 5.75 Å². The van der Waals surface area contributed by atoms with E-state index in [2.05, 4.69) is 10.3 Å². The number of benzene rings is 1. The fourth-order valence-electron chi connectivity index (χ4n) is 1.56. The highest BCUT2D eigenvalue weighted by Gasteiger charge is 2.25. The normalized spacial score (nSPS) is 20.2. The zero-order chi connectivity index (χ0) is 11.1. The summed E-state index contributed by atoms with van der Waals surface area (Å²) >= 11 is 3.05. The van der Waals surface area contributed by atoms with Gasteiger partial charge in [-0.15, -0.1) is 23.1 Å². The van der Waals surface area contributed by atoms with Crippen LogP contribution in [0.2, 0.25) is 0 Å². The maximum atomic E-state index is 11.1. The Morgan fingerprint density at radius 3 is 3.12 bits per heavy atom. The smallest absolute Gasteiger partial charge is 0.231 e. The van der Waals surface area contributed by atoms with Gasteiger partial charge in [0.25, 0.3) is 0 Å². The molecule has 82 valence electrons. The molecule has 0 bridgehead atoms. The molecule has 0 spiro atoms. The predicted octanol–water partition coefficient (Wildman–Crippen LogP) is 1.86. The average molecular weight is 252 g/mol. The molecule has 6 heteroatoms. The van der Waals surface area contributed by atoms with Gasteiger partial charge >= 0.3 is 0 Å². The molecule has 0 radical (unpaired) electrons. The minimum absolute atomic E-state index is 0.0351. The lowest BCUT2D eigenvalue weighted by atomic mass is 10.3. The number of carbonyl (C=O) groups is 1. The van der Waals surface area contributed by atoms with E-state index in [4.69, 9.17) is 0 Å². The van der Waals surface area contributed by atoms with Crippen LogP contribution in [0.1, 0.15) is 10.4 Å². The number of rotatable bonds is 1. The standard InChI is InChI=1S/C10H8N2O2S2/c13-5-1-2-6-7(3-5)16-10(11-6)9-12-8(14)4-15-9/h1-3,9,13H,4H2,(H,12,14). The third kappa shape index (κ3) is 1.64. The maximum Gasteiger partial charge on any atom is 0.231 e. The average Bonchev–Trinajstić information content (AvgIpc) is 2.83. The van der Waals surface area contributed by atoms with Crippen LogP contribution in [0.5, 0.6) is 5.75 Å². The Morgan fingerprint density at radius 1 is 1.50 bits per heavy atom. The fraction of sp³-hybridized carbons (Fsp3) is 0.200. The number of phenols is 1. The molecular weight excluding hydrogens is 244 g/mol. The summed E-state index contributed by atoms with van der Waals surface area (Å²) in [6.45, 7) is 0.